The van der Waals surface area contributed by atoms with Gasteiger partial charge < -0.3 is 25.6 Å². The van der Waals surface area contributed by atoms with Gasteiger partial charge in [0.1, 0.15) is 0 Å². The molecule has 0 unspecified atom stereocenters. The highest BCUT2D eigenvalue weighted by atomic mass is 127. The van der Waals surface area contributed by atoms with Crippen molar-refractivity contribution in [3.05, 3.63) is 60.2 Å². The average molecular weight is 614 g/mol. The molecule has 12 heteroatoms. The highest BCUT2D eigenvalue weighted by Crippen LogP contribution is 2.27. The first kappa shape index (κ1) is 25.3. The molecule has 37 heavy (non-hydrogen) atoms. The summed E-state index contributed by atoms with van der Waals surface area (Å²) in [4.78, 5) is 42.4. The molecule has 5 rings (SSSR count). The third kappa shape index (κ3) is 5.97. The normalized spacial score (nSPS) is 16.6. The number of anilines is 3. The number of carbonyl (C=O) groups is 2. The first-order chi connectivity index (χ1) is 18.0. The number of morpholine rings is 1. The number of halogens is 1. The molecule has 3 aromatic rings. The molecule has 0 saturated carbocycles. The molecule has 0 bridgehead atoms. The van der Waals surface area contributed by atoms with E-state index in [2.05, 4.69) is 48.0 Å². The second-order valence-corrected chi connectivity index (χ2v) is 10.2. The smallest absolute Gasteiger partial charge is 0.278 e. The SMILES string of the molecule is Nc1ncc(-c2ccc(CN3CCN(I)CC3=O)cc2)nc1C(=O)Nc1cnccc1N1CCOCC1. The third-order valence-corrected chi connectivity index (χ3v) is 7.13. The molecule has 2 aliphatic rings. The van der Waals surface area contributed by atoms with Gasteiger partial charge in [-0.25, -0.2) is 13.1 Å². The molecule has 2 fully saturated rings. The van der Waals surface area contributed by atoms with Gasteiger partial charge in [0, 0.05) is 67.3 Å². The van der Waals surface area contributed by atoms with Crippen LogP contribution in [0.3, 0.4) is 0 Å². The number of nitrogens with one attached hydrogen (secondary N) is 1. The number of piperazine rings is 1. The van der Waals surface area contributed by atoms with E-state index in [1.165, 1.54) is 0 Å². The zero-order valence-corrected chi connectivity index (χ0v) is 22.3. The maximum Gasteiger partial charge on any atom is 0.278 e. The molecule has 4 heterocycles. The fraction of sp³-hybridized carbons (Fsp3) is 0.320. The molecule has 2 aliphatic heterocycles. The van der Waals surface area contributed by atoms with Crippen molar-refractivity contribution in [3.8, 4) is 11.3 Å². The Morgan fingerprint density at radius 1 is 1.08 bits per heavy atom. The number of nitrogens with two attached hydrogens (primary N) is 1. The average Bonchev–Trinajstić information content (AvgIpc) is 2.92. The largest absolute Gasteiger partial charge is 0.382 e. The van der Waals surface area contributed by atoms with Gasteiger partial charge in [-0.3, -0.25) is 14.6 Å². The van der Waals surface area contributed by atoms with Crippen molar-refractivity contribution in [2.24, 2.45) is 0 Å². The first-order valence-electron chi connectivity index (χ1n) is 12.0. The van der Waals surface area contributed by atoms with Crippen LogP contribution >= 0.6 is 22.9 Å². The van der Waals surface area contributed by atoms with E-state index in [0.29, 0.717) is 44.2 Å². The number of rotatable bonds is 6. The topological polar surface area (TPSA) is 130 Å². The van der Waals surface area contributed by atoms with E-state index < -0.39 is 5.91 Å². The number of ether oxygens (including phenoxy) is 1. The Balaban J connectivity index is 1.31. The van der Waals surface area contributed by atoms with Gasteiger partial charge in [0.15, 0.2) is 11.5 Å². The maximum atomic E-state index is 13.2. The summed E-state index contributed by atoms with van der Waals surface area (Å²) in [6.45, 7) is 5.24. The number of nitrogen functional groups attached to an aromatic ring is 1. The van der Waals surface area contributed by atoms with Crippen molar-refractivity contribution in [2.75, 3.05) is 61.9 Å². The summed E-state index contributed by atoms with van der Waals surface area (Å²) in [7, 11) is 0. The number of amides is 2. The van der Waals surface area contributed by atoms with E-state index in [1.807, 2.05) is 38.3 Å². The quantitative estimate of drug-likeness (QED) is 0.317. The van der Waals surface area contributed by atoms with Gasteiger partial charge in [0.05, 0.1) is 49.2 Å². The second-order valence-electron chi connectivity index (χ2n) is 8.79. The van der Waals surface area contributed by atoms with E-state index in [1.54, 1.807) is 18.6 Å². The van der Waals surface area contributed by atoms with Crippen molar-refractivity contribution in [1.29, 1.82) is 0 Å². The zero-order valence-electron chi connectivity index (χ0n) is 20.1. The number of nitrogens with zero attached hydrogens (tertiary/aromatic N) is 6. The molecule has 0 aliphatic carbocycles. The van der Waals surface area contributed by atoms with Gasteiger partial charge in [-0.1, -0.05) is 24.3 Å². The van der Waals surface area contributed by atoms with Gasteiger partial charge in [0.25, 0.3) is 5.91 Å². The molecule has 0 spiro atoms. The Kier molecular flexibility index (Phi) is 7.76. The summed E-state index contributed by atoms with van der Waals surface area (Å²) in [6.07, 6.45) is 4.85. The van der Waals surface area contributed by atoms with Gasteiger partial charge in [-0.05, 0) is 11.6 Å². The minimum atomic E-state index is -0.459. The van der Waals surface area contributed by atoms with Crippen LogP contribution < -0.4 is 16.0 Å². The Morgan fingerprint density at radius 3 is 2.62 bits per heavy atom. The van der Waals surface area contributed by atoms with Crippen molar-refractivity contribution < 1.29 is 14.3 Å². The van der Waals surface area contributed by atoms with E-state index >= 15 is 0 Å². The molecule has 2 saturated heterocycles. The van der Waals surface area contributed by atoms with Gasteiger partial charge in [0.2, 0.25) is 5.91 Å². The minimum Gasteiger partial charge on any atom is -0.382 e. The van der Waals surface area contributed by atoms with Crippen LogP contribution in [-0.2, 0) is 16.1 Å². The maximum absolute atomic E-state index is 13.2. The highest BCUT2D eigenvalue weighted by Gasteiger charge is 2.23. The standard InChI is InChI=1S/C25H27IN8O3/c26-34-8-7-33(22(35)16-34)15-17-1-3-18(4-2-17)19-14-29-24(27)23(30-19)25(36)31-20-13-28-6-5-21(20)32-9-11-37-12-10-32/h1-6,13-14H,7-12,15-16H2,(H2,27,29)(H,31,36). The first-order valence-corrected chi connectivity index (χ1v) is 12.9. The molecule has 2 aromatic heterocycles. The van der Waals surface area contributed by atoms with Crippen LogP contribution in [0.5, 0.6) is 0 Å². The van der Waals surface area contributed by atoms with Crippen LogP contribution in [0.1, 0.15) is 16.1 Å². The van der Waals surface area contributed by atoms with E-state index in [-0.39, 0.29) is 17.4 Å². The van der Waals surface area contributed by atoms with Crippen LogP contribution in [-0.4, -0.2) is 80.7 Å². The van der Waals surface area contributed by atoms with E-state index in [4.69, 9.17) is 10.5 Å². The Bertz CT molecular complexity index is 1280. The number of pyridine rings is 1. The van der Waals surface area contributed by atoms with Gasteiger partial charge in [-0.15, -0.1) is 0 Å². The lowest BCUT2D eigenvalue weighted by molar-refractivity contribution is -0.134. The van der Waals surface area contributed by atoms with Gasteiger partial charge >= 0.3 is 0 Å². The van der Waals surface area contributed by atoms with Crippen LogP contribution in [0, 0.1) is 0 Å². The molecule has 3 N–H and O–H groups in total. The Morgan fingerprint density at radius 2 is 1.86 bits per heavy atom. The van der Waals surface area contributed by atoms with Crippen molar-refractivity contribution >= 4 is 51.9 Å². The van der Waals surface area contributed by atoms with Crippen LogP contribution in [0.25, 0.3) is 11.3 Å². The summed E-state index contributed by atoms with van der Waals surface area (Å²) in [5.41, 5.74) is 9.86. The third-order valence-electron chi connectivity index (χ3n) is 6.31. The van der Waals surface area contributed by atoms with Gasteiger partial charge in [-0.2, -0.15) is 0 Å². The number of hydrogen-bond donors (Lipinski definition) is 2. The summed E-state index contributed by atoms with van der Waals surface area (Å²) >= 11 is 2.18. The number of hydrogen-bond acceptors (Lipinski definition) is 9. The number of carbonyl (C=O) groups excluding carboxylic acids is 2. The Labute approximate surface area is 228 Å². The molecule has 1 aromatic carbocycles. The highest BCUT2D eigenvalue weighted by molar-refractivity contribution is 14.1. The molecular weight excluding hydrogens is 587 g/mol. The van der Waals surface area contributed by atoms with E-state index in [9.17, 15) is 9.59 Å². The van der Waals surface area contributed by atoms with Crippen molar-refractivity contribution in [2.45, 2.75) is 6.54 Å². The second kappa shape index (κ2) is 11.4. The Hall–Kier alpha value is -3.36. The summed E-state index contributed by atoms with van der Waals surface area (Å²) in [5.74, 6) is -0.295. The minimum absolute atomic E-state index is 0.0422. The lowest BCUT2D eigenvalue weighted by Crippen LogP contribution is -2.46. The van der Waals surface area contributed by atoms with Crippen LogP contribution in [0.15, 0.2) is 48.9 Å². The molecular formula is C25H27IN8O3. The summed E-state index contributed by atoms with van der Waals surface area (Å²) < 4.78 is 7.43. The van der Waals surface area contributed by atoms with Crippen molar-refractivity contribution in [3.63, 3.8) is 0 Å². The molecule has 11 nitrogen and oxygen atoms in total. The van der Waals surface area contributed by atoms with Crippen LogP contribution in [0.4, 0.5) is 17.2 Å². The monoisotopic (exact) mass is 614 g/mol. The molecule has 192 valence electrons. The predicted octanol–water partition coefficient (Wildman–Crippen LogP) is 2.20. The summed E-state index contributed by atoms with van der Waals surface area (Å²) in [6, 6.07) is 9.60. The molecule has 2 amide bonds. The fourth-order valence-corrected chi connectivity index (χ4v) is 4.81. The van der Waals surface area contributed by atoms with Crippen LogP contribution in [0.2, 0.25) is 0 Å². The van der Waals surface area contributed by atoms with Crippen molar-refractivity contribution in [1.82, 2.24) is 23.0 Å². The number of aromatic nitrogens is 3. The lowest BCUT2D eigenvalue weighted by Gasteiger charge is -2.31. The lowest BCUT2D eigenvalue weighted by atomic mass is 10.1. The number of benzene rings is 1. The zero-order chi connectivity index (χ0) is 25.8. The van der Waals surface area contributed by atoms with E-state index in [0.717, 1.165) is 36.4 Å². The molecule has 0 atom stereocenters. The molecule has 0 radical (unpaired) electrons. The fourth-order valence-electron chi connectivity index (χ4n) is 4.30. The summed E-state index contributed by atoms with van der Waals surface area (Å²) in [5, 5.41) is 2.90. The predicted molar refractivity (Wildman–Crippen MR) is 148 cm³/mol.